The first-order valence-corrected chi connectivity index (χ1v) is 6.87. The van der Waals surface area contributed by atoms with Gasteiger partial charge < -0.3 is 15.2 Å². The minimum absolute atomic E-state index is 0.114. The number of nitrogens with zero attached hydrogens (tertiary/aromatic N) is 6. The van der Waals surface area contributed by atoms with Gasteiger partial charge in [-0.1, -0.05) is 6.07 Å². The van der Waals surface area contributed by atoms with E-state index in [9.17, 15) is 4.79 Å². The summed E-state index contributed by atoms with van der Waals surface area (Å²) in [6.07, 6.45) is 1.66. The summed E-state index contributed by atoms with van der Waals surface area (Å²) < 4.78 is 3.54. The van der Waals surface area contributed by atoms with E-state index in [-0.39, 0.29) is 5.56 Å². The summed E-state index contributed by atoms with van der Waals surface area (Å²) in [6.45, 7) is 2.62. The van der Waals surface area contributed by atoms with Crippen molar-refractivity contribution in [2.75, 3.05) is 0 Å². The Labute approximate surface area is 126 Å². The predicted molar refractivity (Wildman–Crippen MR) is 80.8 cm³/mol. The van der Waals surface area contributed by atoms with E-state index < -0.39 is 0 Å². The van der Waals surface area contributed by atoms with Crippen molar-refractivity contribution >= 4 is 11.0 Å². The third-order valence-corrected chi connectivity index (χ3v) is 3.66. The van der Waals surface area contributed by atoms with Gasteiger partial charge >= 0.3 is 5.56 Å². The molecule has 0 N–H and O–H groups in total. The molecule has 2 aliphatic rings. The van der Waals surface area contributed by atoms with E-state index >= 15 is 0 Å². The maximum atomic E-state index is 12.6. The van der Waals surface area contributed by atoms with Crippen molar-refractivity contribution in [3.8, 4) is 11.4 Å². The van der Waals surface area contributed by atoms with Crippen LogP contribution in [0.2, 0.25) is 0 Å². The molecule has 1 aliphatic carbocycles. The molecular formula is C15H14N6O. The zero-order chi connectivity index (χ0) is 15.7. The van der Waals surface area contributed by atoms with Crippen molar-refractivity contribution < 1.29 is 4.57 Å². The molecule has 7 nitrogen and oxygen atoms in total. The Balaban J connectivity index is 2.65. The van der Waals surface area contributed by atoms with E-state index in [1.807, 2.05) is 11.5 Å². The minimum atomic E-state index is -0.114. The monoisotopic (exact) mass is 294 g/mol. The van der Waals surface area contributed by atoms with Gasteiger partial charge in [0.15, 0.2) is 5.65 Å². The first-order valence-electron chi connectivity index (χ1n) is 6.87. The van der Waals surface area contributed by atoms with Crippen LogP contribution in [0.3, 0.4) is 0 Å². The fourth-order valence-electron chi connectivity index (χ4n) is 2.63. The molecule has 0 unspecified atom stereocenters. The first-order chi connectivity index (χ1) is 10.7. The molecule has 0 saturated heterocycles. The highest BCUT2D eigenvalue weighted by molar-refractivity contribution is 5.75. The van der Waals surface area contributed by atoms with Crippen molar-refractivity contribution in [1.82, 2.24) is 9.55 Å². The lowest BCUT2D eigenvalue weighted by atomic mass is 10.2. The Kier molecular flexibility index (Phi) is 3.46. The van der Waals surface area contributed by atoms with Gasteiger partial charge in [0.1, 0.15) is 18.1 Å². The summed E-state index contributed by atoms with van der Waals surface area (Å²) in [7, 11) is 1.73. The molecule has 0 saturated carbocycles. The van der Waals surface area contributed by atoms with Crippen LogP contribution >= 0.6 is 0 Å². The molecule has 110 valence electrons. The van der Waals surface area contributed by atoms with Gasteiger partial charge in [0.05, 0.1) is 0 Å². The molecule has 0 radical (unpaired) electrons. The van der Waals surface area contributed by atoms with Gasteiger partial charge in [-0.15, -0.1) is 0 Å². The van der Waals surface area contributed by atoms with Crippen LogP contribution < -0.4 is 15.5 Å². The molecule has 0 atom stereocenters. The second kappa shape index (κ2) is 5.44. The lowest BCUT2D eigenvalue weighted by Crippen LogP contribution is -2.46. The summed E-state index contributed by atoms with van der Waals surface area (Å²) >= 11 is 0. The quantitative estimate of drug-likeness (QED) is 0.404. The summed E-state index contributed by atoms with van der Waals surface area (Å²) in [5.74, 6) is 0. The molecule has 7 heteroatoms. The Morgan fingerprint density at radius 3 is 2.91 bits per heavy atom. The number of hydrogen-bond donors (Lipinski definition) is 0. The van der Waals surface area contributed by atoms with Crippen LogP contribution in [0.1, 0.15) is 6.92 Å². The largest absolute Gasteiger partial charge is 0.423 e. The zero-order valence-corrected chi connectivity index (χ0v) is 12.3. The predicted octanol–water partition coefficient (Wildman–Crippen LogP) is 1.18. The number of benzene rings is 1. The fourth-order valence-corrected chi connectivity index (χ4v) is 2.63. The molecule has 1 aromatic heterocycles. The van der Waals surface area contributed by atoms with Crippen LogP contribution in [0.25, 0.3) is 28.0 Å². The SMILES string of the molecule is CCn1c2cc(=NN=[N-])ccc-2[n+](C)c(=O)c2cccnc21. The van der Waals surface area contributed by atoms with Gasteiger partial charge in [-0.3, -0.25) is 5.22 Å². The van der Waals surface area contributed by atoms with Crippen molar-refractivity contribution in [2.45, 2.75) is 13.5 Å². The smallest absolute Gasteiger partial charge is 0.362 e. The summed E-state index contributed by atoms with van der Waals surface area (Å²) in [5, 5.41) is 7.51. The van der Waals surface area contributed by atoms with E-state index in [4.69, 9.17) is 5.53 Å². The lowest BCUT2D eigenvalue weighted by molar-refractivity contribution is -0.672. The second-order valence-corrected chi connectivity index (χ2v) is 4.85. The van der Waals surface area contributed by atoms with E-state index in [1.54, 1.807) is 48.1 Å². The highest BCUT2D eigenvalue weighted by Gasteiger charge is 2.20. The van der Waals surface area contributed by atoms with Crippen molar-refractivity contribution in [2.24, 2.45) is 17.4 Å². The highest BCUT2D eigenvalue weighted by atomic mass is 16.1. The second-order valence-electron chi connectivity index (χ2n) is 4.85. The molecule has 0 fully saturated rings. The van der Waals surface area contributed by atoms with Crippen LogP contribution in [-0.4, -0.2) is 9.55 Å². The molecule has 0 amide bonds. The summed E-state index contributed by atoms with van der Waals surface area (Å²) in [5.41, 5.74) is 10.7. The maximum Gasteiger partial charge on any atom is 0.423 e. The molecule has 0 bridgehead atoms. The topological polar surface area (TPSA) is 85.8 Å². The van der Waals surface area contributed by atoms with Gasteiger partial charge in [0.25, 0.3) is 0 Å². The van der Waals surface area contributed by atoms with Gasteiger partial charge in [-0.25, -0.2) is 9.78 Å². The number of rotatable bonds is 2. The summed E-state index contributed by atoms with van der Waals surface area (Å²) in [4.78, 5) is 17.0. The molecule has 2 heterocycles. The minimum Gasteiger partial charge on any atom is -0.362 e. The first kappa shape index (κ1) is 14.0. The van der Waals surface area contributed by atoms with E-state index in [1.165, 1.54) is 0 Å². The standard InChI is InChI=1S/C15H14N6O/c1-3-21-13-9-10(18-19-16)6-7-12(13)20(2)15(22)11-5-4-8-17-14(11)21/h4-9H,3H2,1-2H3. The van der Waals surface area contributed by atoms with E-state index in [0.29, 0.717) is 22.9 Å². The van der Waals surface area contributed by atoms with E-state index in [0.717, 1.165) is 11.4 Å². The molecule has 0 aromatic carbocycles. The number of aryl methyl sites for hydroxylation is 1. The normalized spacial score (nSPS) is 12.0. The van der Waals surface area contributed by atoms with Crippen molar-refractivity contribution in [1.29, 1.82) is 0 Å². The van der Waals surface area contributed by atoms with Crippen molar-refractivity contribution in [3.05, 3.63) is 57.8 Å². The maximum absolute atomic E-state index is 12.6. The average Bonchev–Trinajstić information content (AvgIpc) is 2.63. The van der Waals surface area contributed by atoms with Gasteiger partial charge in [-0.05, 0) is 30.5 Å². The molecule has 1 aromatic rings. The molecule has 22 heavy (non-hydrogen) atoms. The van der Waals surface area contributed by atoms with Crippen LogP contribution in [0.4, 0.5) is 0 Å². The van der Waals surface area contributed by atoms with Gasteiger partial charge in [0.2, 0.25) is 5.69 Å². The van der Waals surface area contributed by atoms with Crippen LogP contribution in [0, 0.1) is 0 Å². The Bertz CT molecular complexity index is 976. The molecule has 3 rings (SSSR count). The fraction of sp³-hybridized carbons (Fsp3) is 0.200. The number of pyridine rings is 1. The average molecular weight is 294 g/mol. The Hall–Kier alpha value is -2.96. The molecule has 0 spiro atoms. The van der Waals surface area contributed by atoms with Crippen LogP contribution in [-0.2, 0) is 13.6 Å². The molecular weight excluding hydrogens is 280 g/mol. The van der Waals surface area contributed by atoms with Crippen LogP contribution in [0.5, 0.6) is 0 Å². The Morgan fingerprint density at radius 2 is 2.18 bits per heavy atom. The molecule has 1 aliphatic heterocycles. The zero-order valence-electron chi connectivity index (χ0n) is 12.3. The number of hydrogen-bond acceptors (Lipinski definition) is 3. The Morgan fingerprint density at radius 1 is 1.36 bits per heavy atom. The van der Waals surface area contributed by atoms with Gasteiger partial charge in [0, 0.05) is 18.8 Å². The third-order valence-electron chi connectivity index (χ3n) is 3.66. The highest BCUT2D eigenvalue weighted by Crippen LogP contribution is 2.17. The van der Waals surface area contributed by atoms with Gasteiger partial charge in [-0.2, -0.15) is 4.57 Å². The number of aromatic nitrogens is 3. The lowest BCUT2D eigenvalue weighted by Gasteiger charge is -2.09. The van der Waals surface area contributed by atoms with Crippen molar-refractivity contribution in [3.63, 3.8) is 0 Å². The summed E-state index contributed by atoms with van der Waals surface area (Å²) in [6, 6.07) is 8.77. The van der Waals surface area contributed by atoms with E-state index in [2.05, 4.69) is 15.3 Å². The van der Waals surface area contributed by atoms with Crippen LogP contribution in [0.15, 0.2) is 51.6 Å². The number of fused-ring (bicyclic) bond motifs is 2. The third kappa shape index (κ3) is 2.07.